The van der Waals surface area contributed by atoms with Gasteiger partial charge >= 0.3 is 0 Å². The first-order chi connectivity index (χ1) is 8.03. The highest BCUT2D eigenvalue weighted by Gasteiger charge is 2.35. The fraction of sp³-hybridized carbons (Fsp3) is 0.923. The third-order valence-corrected chi connectivity index (χ3v) is 4.30. The van der Waals surface area contributed by atoms with E-state index >= 15 is 0 Å². The first-order valence-corrected chi connectivity index (χ1v) is 6.71. The number of carbonyl (C=O) groups is 1. The Hall–Kier alpha value is -0.610. The molecule has 4 nitrogen and oxygen atoms in total. The summed E-state index contributed by atoms with van der Waals surface area (Å²) in [7, 11) is 1.71. The minimum absolute atomic E-state index is 0.117. The van der Waals surface area contributed by atoms with Crippen molar-refractivity contribution < 1.29 is 4.79 Å². The zero-order valence-corrected chi connectivity index (χ0v) is 11.3. The molecule has 3 saturated heterocycles. The van der Waals surface area contributed by atoms with Gasteiger partial charge in [0.15, 0.2) is 0 Å². The Balaban J connectivity index is 1.84. The third kappa shape index (κ3) is 2.80. The van der Waals surface area contributed by atoms with Crippen LogP contribution in [0.1, 0.15) is 26.7 Å². The summed E-state index contributed by atoms with van der Waals surface area (Å²) < 4.78 is 0. The molecule has 0 aromatic rings. The molecule has 1 unspecified atom stereocenters. The molecule has 0 radical (unpaired) electrons. The molecule has 0 saturated carbocycles. The zero-order chi connectivity index (χ0) is 12.5. The van der Waals surface area contributed by atoms with E-state index in [1.165, 1.54) is 25.9 Å². The monoisotopic (exact) mass is 239 g/mol. The SMILES string of the molecule is CNC(=O)C(C)(C)CNC1CN2CCC1CC2. The molecule has 3 rings (SSSR count). The molecule has 98 valence electrons. The quantitative estimate of drug-likeness (QED) is 0.748. The van der Waals surface area contributed by atoms with E-state index in [9.17, 15) is 4.79 Å². The zero-order valence-electron chi connectivity index (χ0n) is 11.3. The van der Waals surface area contributed by atoms with Gasteiger partial charge in [0.1, 0.15) is 0 Å². The molecule has 4 heteroatoms. The maximum absolute atomic E-state index is 11.7. The largest absolute Gasteiger partial charge is 0.359 e. The van der Waals surface area contributed by atoms with E-state index in [0.29, 0.717) is 6.04 Å². The molecule has 1 amide bonds. The van der Waals surface area contributed by atoms with E-state index in [0.717, 1.165) is 19.0 Å². The molecule has 0 spiro atoms. The highest BCUT2D eigenvalue weighted by Crippen LogP contribution is 2.28. The Kier molecular flexibility index (Phi) is 3.73. The second-order valence-electron chi connectivity index (χ2n) is 6.09. The lowest BCUT2D eigenvalue weighted by molar-refractivity contribution is -0.128. The van der Waals surface area contributed by atoms with Crippen LogP contribution in [0.25, 0.3) is 0 Å². The summed E-state index contributed by atoms with van der Waals surface area (Å²) in [5.41, 5.74) is -0.319. The van der Waals surface area contributed by atoms with Crippen LogP contribution in [0.2, 0.25) is 0 Å². The smallest absolute Gasteiger partial charge is 0.226 e. The molecule has 3 fully saturated rings. The van der Waals surface area contributed by atoms with Gasteiger partial charge in [-0.05, 0) is 45.7 Å². The molecule has 0 aromatic heterocycles. The van der Waals surface area contributed by atoms with E-state index in [1.54, 1.807) is 7.05 Å². The van der Waals surface area contributed by atoms with Crippen molar-refractivity contribution in [1.29, 1.82) is 0 Å². The summed E-state index contributed by atoms with van der Waals surface area (Å²) in [6.45, 7) is 8.46. The van der Waals surface area contributed by atoms with Crippen LogP contribution >= 0.6 is 0 Å². The summed E-state index contributed by atoms with van der Waals surface area (Å²) in [6.07, 6.45) is 2.64. The third-order valence-electron chi connectivity index (χ3n) is 4.30. The van der Waals surface area contributed by atoms with E-state index in [2.05, 4.69) is 15.5 Å². The molecule has 17 heavy (non-hydrogen) atoms. The molecule has 3 aliphatic rings. The van der Waals surface area contributed by atoms with Gasteiger partial charge in [0.25, 0.3) is 0 Å². The predicted molar refractivity (Wildman–Crippen MR) is 68.8 cm³/mol. The summed E-state index contributed by atoms with van der Waals surface area (Å²) >= 11 is 0. The van der Waals surface area contributed by atoms with Gasteiger partial charge in [-0.2, -0.15) is 0 Å². The van der Waals surface area contributed by atoms with Crippen molar-refractivity contribution in [2.45, 2.75) is 32.7 Å². The standard InChI is InChI=1S/C13H25N3O/c1-13(2,12(17)14-3)9-15-11-8-16-6-4-10(11)5-7-16/h10-11,15H,4-9H2,1-3H3,(H,14,17). The molecule has 3 aliphatic heterocycles. The summed E-state index contributed by atoms with van der Waals surface area (Å²) in [5, 5.41) is 6.34. The van der Waals surface area contributed by atoms with Gasteiger partial charge in [-0.25, -0.2) is 0 Å². The van der Waals surface area contributed by atoms with Gasteiger partial charge in [-0.15, -0.1) is 0 Å². The Morgan fingerprint density at radius 3 is 2.47 bits per heavy atom. The normalized spacial score (nSPS) is 32.5. The molecule has 0 aromatic carbocycles. The Labute approximate surface area is 104 Å². The van der Waals surface area contributed by atoms with E-state index < -0.39 is 0 Å². The number of nitrogens with one attached hydrogen (secondary N) is 2. The Morgan fingerprint density at radius 1 is 1.35 bits per heavy atom. The van der Waals surface area contributed by atoms with Gasteiger partial charge in [-0.1, -0.05) is 0 Å². The first-order valence-electron chi connectivity index (χ1n) is 6.71. The summed E-state index contributed by atoms with van der Waals surface area (Å²) in [5.74, 6) is 0.937. The fourth-order valence-electron chi connectivity index (χ4n) is 3.00. The summed E-state index contributed by atoms with van der Waals surface area (Å²) in [6, 6.07) is 0.585. The van der Waals surface area contributed by atoms with Crippen LogP contribution in [0.15, 0.2) is 0 Å². The number of fused-ring (bicyclic) bond motifs is 3. The highest BCUT2D eigenvalue weighted by molar-refractivity contribution is 5.81. The van der Waals surface area contributed by atoms with Crippen molar-refractivity contribution in [3.63, 3.8) is 0 Å². The summed E-state index contributed by atoms with van der Waals surface area (Å²) in [4.78, 5) is 14.2. The Morgan fingerprint density at radius 2 is 2.00 bits per heavy atom. The lowest BCUT2D eigenvalue weighted by atomic mass is 9.83. The maximum Gasteiger partial charge on any atom is 0.226 e. The van der Waals surface area contributed by atoms with Crippen LogP contribution in [0, 0.1) is 11.3 Å². The van der Waals surface area contributed by atoms with Crippen molar-refractivity contribution >= 4 is 5.91 Å². The Bertz CT molecular complexity index is 282. The average molecular weight is 239 g/mol. The molecular weight excluding hydrogens is 214 g/mol. The van der Waals surface area contributed by atoms with Gasteiger partial charge < -0.3 is 15.5 Å². The lowest BCUT2D eigenvalue weighted by Crippen LogP contribution is -2.58. The number of amides is 1. The predicted octanol–water partition coefficient (Wildman–Crippen LogP) is 0.442. The maximum atomic E-state index is 11.7. The number of carbonyl (C=O) groups excluding carboxylic acids is 1. The van der Waals surface area contributed by atoms with E-state index in [-0.39, 0.29) is 11.3 Å². The molecule has 2 N–H and O–H groups in total. The molecule has 3 heterocycles. The number of nitrogens with zero attached hydrogens (tertiary/aromatic N) is 1. The van der Waals surface area contributed by atoms with Crippen molar-refractivity contribution in [3.8, 4) is 0 Å². The van der Waals surface area contributed by atoms with Gasteiger partial charge in [-0.3, -0.25) is 4.79 Å². The molecule has 1 atom stereocenters. The second kappa shape index (κ2) is 4.94. The van der Waals surface area contributed by atoms with E-state index in [4.69, 9.17) is 0 Å². The van der Waals surface area contributed by atoms with Crippen LogP contribution in [-0.4, -0.2) is 50.1 Å². The number of hydrogen-bond acceptors (Lipinski definition) is 3. The highest BCUT2D eigenvalue weighted by atomic mass is 16.2. The van der Waals surface area contributed by atoms with Crippen LogP contribution < -0.4 is 10.6 Å². The van der Waals surface area contributed by atoms with Crippen LogP contribution in [-0.2, 0) is 4.79 Å². The van der Waals surface area contributed by atoms with E-state index in [1.807, 2.05) is 13.8 Å². The van der Waals surface area contributed by atoms with Crippen molar-refractivity contribution in [2.24, 2.45) is 11.3 Å². The van der Waals surface area contributed by atoms with Crippen LogP contribution in [0.3, 0.4) is 0 Å². The number of rotatable bonds is 4. The average Bonchev–Trinajstić information content (AvgIpc) is 2.37. The van der Waals surface area contributed by atoms with Crippen molar-refractivity contribution in [3.05, 3.63) is 0 Å². The van der Waals surface area contributed by atoms with Gasteiger partial charge in [0, 0.05) is 26.2 Å². The van der Waals surface area contributed by atoms with Crippen molar-refractivity contribution in [1.82, 2.24) is 15.5 Å². The lowest BCUT2D eigenvalue weighted by Gasteiger charge is -2.45. The minimum Gasteiger partial charge on any atom is -0.359 e. The number of piperidine rings is 3. The molecule has 2 bridgehead atoms. The topological polar surface area (TPSA) is 44.4 Å². The molecule has 0 aliphatic carbocycles. The van der Waals surface area contributed by atoms with Crippen molar-refractivity contribution in [2.75, 3.05) is 33.2 Å². The number of hydrogen-bond donors (Lipinski definition) is 2. The minimum atomic E-state index is -0.319. The van der Waals surface area contributed by atoms with Crippen LogP contribution in [0.5, 0.6) is 0 Å². The second-order valence-corrected chi connectivity index (χ2v) is 6.09. The van der Waals surface area contributed by atoms with Gasteiger partial charge in [0.2, 0.25) is 5.91 Å². The molecular formula is C13H25N3O. The van der Waals surface area contributed by atoms with Gasteiger partial charge in [0.05, 0.1) is 5.41 Å². The first kappa shape index (κ1) is 12.8. The van der Waals surface area contributed by atoms with Crippen LogP contribution in [0.4, 0.5) is 0 Å². The fourth-order valence-corrected chi connectivity index (χ4v) is 3.00.